The topological polar surface area (TPSA) is 85.1 Å². The van der Waals surface area contributed by atoms with Gasteiger partial charge in [-0.05, 0) is 29.1 Å². The van der Waals surface area contributed by atoms with Crippen LogP contribution in [0.25, 0.3) is 0 Å². The Morgan fingerprint density at radius 1 is 1.39 bits per heavy atom. The van der Waals surface area contributed by atoms with Crippen LogP contribution < -0.4 is 10.5 Å². The molecule has 2 rings (SSSR count). The first-order valence-corrected chi connectivity index (χ1v) is 7.65. The van der Waals surface area contributed by atoms with Crippen molar-refractivity contribution >= 4 is 21.4 Å². The van der Waals surface area contributed by atoms with Gasteiger partial charge in [0.15, 0.2) is 0 Å². The number of nitrogens with two attached hydrogens (primary N) is 1. The second-order valence-corrected chi connectivity index (χ2v) is 6.53. The van der Waals surface area contributed by atoms with Crippen molar-refractivity contribution in [1.82, 2.24) is 9.71 Å². The van der Waals surface area contributed by atoms with Gasteiger partial charge >= 0.3 is 0 Å². The van der Waals surface area contributed by atoms with E-state index in [2.05, 4.69) is 9.71 Å². The van der Waals surface area contributed by atoms with Gasteiger partial charge in [0.25, 0.3) is 0 Å². The fourth-order valence-corrected chi connectivity index (χ4v) is 3.61. The molecule has 0 atom stereocenters. The monoisotopic (exact) mass is 283 g/mol. The van der Waals surface area contributed by atoms with E-state index in [9.17, 15) is 8.42 Å². The van der Waals surface area contributed by atoms with Gasteiger partial charge in [-0.25, -0.2) is 13.1 Å². The Labute approximate surface area is 110 Å². The maximum atomic E-state index is 12.0. The minimum absolute atomic E-state index is 0.180. The standard InChI is InChI=1S/C11H13N3O2S2/c12-6-9-5-11(17-8-9)18(15,16)14-7-10-3-1-2-4-13-10/h1-5,8,14H,6-7,12H2. The zero-order valence-electron chi connectivity index (χ0n) is 9.54. The molecule has 0 bridgehead atoms. The molecule has 0 aliphatic rings. The van der Waals surface area contributed by atoms with Crippen molar-refractivity contribution in [3.8, 4) is 0 Å². The van der Waals surface area contributed by atoms with Crippen LogP contribution in [0, 0.1) is 0 Å². The van der Waals surface area contributed by atoms with Gasteiger partial charge in [-0.2, -0.15) is 0 Å². The van der Waals surface area contributed by atoms with Gasteiger partial charge in [0.2, 0.25) is 10.0 Å². The summed E-state index contributed by atoms with van der Waals surface area (Å²) in [6.45, 7) is 0.519. The molecule has 0 aliphatic carbocycles. The highest BCUT2D eigenvalue weighted by atomic mass is 32.2. The number of sulfonamides is 1. The first-order chi connectivity index (χ1) is 8.62. The molecule has 0 spiro atoms. The van der Waals surface area contributed by atoms with E-state index in [1.165, 1.54) is 11.3 Å². The molecule has 2 heterocycles. The Morgan fingerprint density at radius 2 is 2.22 bits per heavy atom. The van der Waals surface area contributed by atoms with Crippen LogP contribution >= 0.6 is 11.3 Å². The Morgan fingerprint density at radius 3 is 2.83 bits per heavy atom. The number of thiophene rings is 1. The predicted octanol–water partition coefficient (Wildman–Crippen LogP) is 1.08. The first kappa shape index (κ1) is 13.2. The van der Waals surface area contributed by atoms with Crippen LogP contribution in [-0.2, 0) is 23.1 Å². The van der Waals surface area contributed by atoms with Crippen molar-refractivity contribution in [2.24, 2.45) is 5.73 Å². The van der Waals surface area contributed by atoms with Gasteiger partial charge in [-0.1, -0.05) is 6.07 Å². The van der Waals surface area contributed by atoms with E-state index in [0.29, 0.717) is 12.2 Å². The second kappa shape index (κ2) is 5.57. The van der Waals surface area contributed by atoms with Crippen molar-refractivity contribution < 1.29 is 8.42 Å². The molecule has 0 radical (unpaired) electrons. The van der Waals surface area contributed by atoms with Gasteiger partial charge in [0, 0.05) is 12.7 Å². The van der Waals surface area contributed by atoms with E-state index < -0.39 is 10.0 Å². The third-order valence-corrected chi connectivity index (χ3v) is 5.19. The fraction of sp³-hybridized carbons (Fsp3) is 0.182. The molecule has 0 saturated heterocycles. The van der Waals surface area contributed by atoms with Gasteiger partial charge in [0.05, 0.1) is 12.2 Å². The highest BCUT2D eigenvalue weighted by Gasteiger charge is 2.16. The Kier molecular flexibility index (Phi) is 4.07. The zero-order chi connectivity index (χ0) is 13.0. The number of aromatic nitrogens is 1. The molecule has 0 fully saturated rings. The number of nitrogens with one attached hydrogen (secondary N) is 1. The molecule has 7 heteroatoms. The average molecular weight is 283 g/mol. The summed E-state index contributed by atoms with van der Waals surface area (Å²) in [5.74, 6) is 0. The van der Waals surface area contributed by atoms with Crippen LogP contribution in [0.3, 0.4) is 0 Å². The number of rotatable bonds is 5. The minimum atomic E-state index is -3.47. The van der Waals surface area contributed by atoms with Gasteiger partial charge in [0.1, 0.15) is 4.21 Å². The van der Waals surface area contributed by atoms with E-state index >= 15 is 0 Å². The van der Waals surface area contributed by atoms with Crippen molar-refractivity contribution in [2.45, 2.75) is 17.3 Å². The molecule has 3 N–H and O–H groups in total. The van der Waals surface area contributed by atoms with Gasteiger partial charge < -0.3 is 5.73 Å². The van der Waals surface area contributed by atoms with Gasteiger partial charge in [-0.3, -0.25) is 4.98 Å². The Bertz CT molecular complexity index is 608. The molecule has 0 aromatic carbocycles. The smallest absolute Gasteiger partial charge is 0.250 e. The summed E-state index contributed by atoms with van der Waals surface area (Å²) in [7, 11) is -3.47. The minimum Gasteiger partial charge on any atom is -0.326 e. The molecule has 18 heavy (non-hydrogen) atoms. The highest BCUT2D eigenvalue weighted by molar-refractivity contribution is 7.91. The molecule has 5 nitrogen and oxygen atoms in total. The van der Waals surface area contributed by atoms with Crippen molar-refractivity contribution in [2.75, 3.05) is 0 Å². The van der Waals surface area contributed by atoms with Crippen LogP contribution in [-0.4, -0.2) is 13.4 Å². The summed E-state index contributed by atoms with van der Waals surface area (Å²) < 4.78 is 26.7. The average Bonchev–Trinajstić information content (AvgIpc) is 2.87. The quantitative estimate of drug-likeness (QED) is 0.860. The van der Waals surface area contributed by atoms with Crippen LogP contribution in [0.5, 0.6) is 0 Å². The number of hydrogen-bond donors (Lipinski definition) is 2. The molecule has 0 amide bonds. The third-order valence-electron chi connectivity index (χ3n) is 2.30. The lowest BCUT2D eigenvalue weighted by Gasteiger charge is -2.03. The molecule has 0 unspecified atom stereocenters. The largest absolute Gasteiger partial charge is 0.326 e. The first-order valence-electron chi connectivity index (χ1n) is 5.29. The Hall–Kier alpha value is -1.28. The van der Waals surface area contributed by atoms with Crippen LogP contribution in [0.2, 0.25) is 0 Å². The van der Waals surface area contributed by atoms with Crippen LogP contribution in [0.4, 0.5) is 0 Å². The summed E-state index contributed by atoms with van der Waals surface area (Å²) in [5, 5.41) is 1.75. The predicted molar refractivity (Wildman–Crippen MR) is 70.5 cm³/mol. The van der Waals surface area contributed by atoms with Crippen molar-refractivity contribution in [3.63, 3.8) is 0 Å². The zero-order valence-corrected chi connectivity index (χ0v) is 11.2. The summed E-state index contributed by atoms with van der Waals surface area (Å²) in [6, 6.07) is 6.95. The number of hydrogen-bond acceptors (Lipinski definition) is 5. The molecule has 0 aliphatic heterocycles. The normalized spacial score (nSPS) is 11.6. The maximum absolute atomic E-state index is 12.0. The lowest BCUT2D eigenvalue weighted by Crippen LogP contribution is -2.22. The molecule has 96 valence electrons. The lowest BCUT2D eigenvalue weighted by atomic mass is 10.4. The maximum Gasteiger partial charge on any atom is 0.250 e. The van der Waals surface area contributed by atoms with Crippen LogP contribution in [0.1, 0.15) is 11.3 Å². The molecular formula is C11H13N3O2S2. The second-order valence-electron chi connectivity index (χ2n) is 3.62. The van der Waals surface area contributed by atoms with Crippen molar-refractivity contribution in [3.05, 3.63) is 47.1 Å². The Balaban J connectivity index is 2.08. The summed E-state index contributed by atoms with van der Waals surface area (Å²) in [4.78, 5) is 4.05. The SMILES string of the molecule is NCc1csc(S(=O)(=O)NCc2ccccn2)c1. The molecule has 2 aromatic heterocycles. The number of nitrogens with zero attached hydrogens (tertiary/aromatic N) is 1. The van der Waals surface area contributed by atoms with Gasteiger partial charge in [-0.15, -0.1) is 11.3 Å². The molecular weight excluding hydrogens is 270 g/mol. The highest BCUT2D eigenvalue weighted by Crippen LogP contribution is 2.19. The van der Waals surface area contributed by atoms with E-state index in [1.807, 2.05) is 6.07 Å². The number of pyridine rings is 1. The van der Waals surface area contributed by atoms with Crippen LogP contribution in [0.15, 0.2) is 40.1 Å². The van der Waals surface area contributed by atoms with E-state index in [0.717, 1.165) is 5.56 Å². The van der Waals surface area contributed by atoms with E-state index in [-0.39, 0.29) is 10.8 Å². The van der Waals surface area contributed by atoms with E-state index in [4.69, 9.17) is 5.73 Å². The summed E-state index contributed by atoms with van der Waals surface area (Å²) in [5.41, 5.74) is 6.95. The third kappa shape index (κ3) is 3.14. The summed E-state index contributed by atoms with van der Waals surface area (Å²) in [6.07, 6.45) is 1.63. The fourth-order valence-electron chi connectivity index (χ4n) is 1.34. The van der Waals surface area contributed by atoms with E-state index in [1.54, 1.807) is 29.8 Å². The molecule has 2 aromatic rings. The lowest BCUT2D eigenvalue weighted by molar-refractivity contribution is 0.582. The molecule has 0 saturated carbocycles. The van der Waals surface area contributed by atoms with Crippen molar-refractivity contribution in [1.29, 1.82) is 0 Å². The summed E-state index contributed by atoms with van der Waals surface area (Å²) >= 11 is 1.17.